The summed E-state index contributed by atoms with van der Waals surface area (Å²) in [7, 11) is -5.18. The maximum atomic E-state index is 14.4. The largest absolute Gasteiger partial charge is 0.481 e. The second-order valence-corrected chi connectivity index (χ2v) is 7.11. The van der Waals surface area contributed by atoms with Crippen LogP contribution in [-0.4, -0.2) is 16.0 Å². The number of carboxylic acids is 1. The van der Waals surface area contributed by atoms with Gasteiger partial charge in [-0.25, -0.2) is 22.0 Å². The topological polar surface area (TPSA) is 86.6 Å². The van der Waals surface area contributed by atoms with Crippen LogP contribution in [0.2, 0.25) is 0 Å². The average Bonchev–Trinajstić information content (AvgIpc) is 2.56. The second-order valence-electron chi connectivity index (χ2n) is 5.19. The summed E-state index contributed by atoms with van der Waals surface area (Å²) in [4.78, 5) is 20.6. The molecule has 0 amide bonds. The minimum Gasteiger partial charge on any atom is -0.481 e. The number of benzene rings is 2. The molecule has 0 aromatic heterocycles. The number of alkyl halides is 1. The predicted molar refractivity (Wildman–Crippen MR) is 81.4 cm³/mol. The van der Waals surface area contributed by atoms with Gasteiger partial charge in [-0.05, 0) is 17.7 Å². The van der Waals surface area contributed by atoms with E-state index in [1.165, 1.54) is 18.2 Å². The van der Waals surface area contributed by atoms with Crippen molar-refractivity contribution in [2.24, 2.45) is 0 Å². The third-order valence-corrected chi connectivity index (χ3v) is 4.79. The molecule has 2 aromatic carbocycles. The molecular weight excluding hydrogens is 384 g/mol. The van der Waals surface area contributed by atoms with Crippen LogP contribution in [0.25, 0.3) is 0 Å². The molecule has 140 valence electrons. The molecule has 2 unspecified atom stereocenters. The summed E-state index contributed by atoms with van der Waals surface area (Å²) in [6.45, 7) is 0. The van der Waals surface area contributed by atoms with Crippen LogP contribution in [0.15, 0.2) is 30.3 Å². The summed E-state index contributed by atoms with van der Waals surface area (Å²) in [5.74, 6) is -13.0. The Labute approximate surface area is 143 Å². The first-order valence-corrected chi connectivity index (χ1v) is 8.65. The molecule has 2 atom stereocenters. The zero-order chi connectivity index (χ0) is 19.6. The van der Waals surface area contributed by atoms with Crippen LogP contribution < -0.4 is 5.09 Å². The Morgan fingerprint density at radius 3 is 2.35 bits per heavy atom. The number of aliphatic carboxylic acids is 1. The third kappa shape index (κ3) is 4.03. The summed E-state index contributed by atoms with van der Waals surface area (Å²) in [6.07, 6.45) is -0.575. The maximum Gasteiger partial charge on any atom is 0.329 e. The molecule has 0 saturated heterocycles. The molecule has 0 radical (unpaired) electrons. The van der Waals surface area contributed by atoms with Crippen LogP contribution >= 0.6 is 7.52 Å². The standard InChI is InChI=1S/C15H11F5NO4P/c16-9-6-8(12(17)14(19)13(9)18)15(20)26(24,25)21-10-4-2-1-3-7(10)5-11(22)23/h1-4,6,15H,5H2,(H,22,23)(H2,21,24,25). The molecule has 0 aliphatic heterocycles. The number of hydrogen-bond acceptors (Lipinski definition) is 2. The quantitative estimate of drug-likeness (QED) is 0.296. The van der Waals surface area contributed by atoms with Crippen molar-refractivity contribution in [3.05, 3.63) is 64.7 Å². The molecular formula is C15H11F5NO4P. The van der Waals surface area contributed by atoms with Gasteiger partial charge in [0.2, 0.25) is 5.91 Å². The summed E-state index contributed by atoms with van der Waals surface area (Å²) in [6, 6.07) is 5.14. The molecule has 2 aromatic rings. The Morgan fingerprint density at radius 1 is 1.12 bits per heavy atom. The van der Waals surface area contributed by atoms with Gasteiger partial charge in [0, 0.05) is 11.3 Å². The SMILES string of the molecule is O=C(O)Cc1ccccc1NP(=O)(O)C(F)c1cc(F)c(F)c(F)c1F. The van der Waals surface area contributed by atoms with E-state index < -0.39 is 54.7 Å². The minimum atomic E-state index is -5.18. The van der Waals surface area contributed by atoms with Crippen molar-refractivity contribution in [3.8, 4) is 0 Å². The lowest BCUT2D eigenvalue weighted by atomic mass is 10.1. The molecule has 26 heavy (non-hydrogen) atoms. The lowest BCUT2D eigenvalue weighted by Gasteiger charge is -2.20. The average molecular weight is 395 g/mol. The molecule has 2 rings (SSSR count). The lowest BCUT2D eigenvalue weighted by molar-refractivity contribution is -0.136. The van der Waals surface area contributed by atoms with Crippen LogP contribution in [0.3, 0.4) is 0 Å². The minimum absolute atomic E-state index is 0.0124. The first-order chi connectivity index (χ1) is 12.0. The highest BCUT2D eigenvalue weighted by molar-refractivity contribution is 7.59. The van der Waals surface area contributed by atoms with Crippen molar-refractivity contribution >= 4 is 19.2 Å². The Kier molecular flexibility index (Phi) is 5.68. The van der Waals surface area contributed by atoms with Gasteiger partial charge in [-0.1, -0.05) is 18.2 Å². The number of hydrogen-bond donors (Lipinski definition) is 3. The van der Waals surface area contributed by atoms with Gasteiger partial charge in [-0.3, -0.25) is 9.36 Å². The van der Waals surface area contributed by atoms with Crippen LogP contribution in [0.1, 0.15) is 17.0 Å². The van der Waals surface area contributed by atoms with E-state index in [1.54, 1.807) is 0 Å². The molecule has 0 saturated carbocycles. The van der Waals surface area contributed by atoms with Gasteiger partial charge >= 0.3 is 13.5 Å². The summed E-state index contributed by atoms with van der Waals surface area (Å²) in [5, 5.41) is 10.6. The van der Waals surface area contributed by atoms with Crippen LogP contribution in [-0.2, 0) is 15.8 Å². The van der Waals surface area contributed by atoms with Gasteiger partial charge in [0.15, 0.2) is 23.3 Å². The smallest absolute Gasteiger partial charge is 0.329 e. The molecule has 11 heteroatoms. The van der Waals surface area contributed by atoms with E-state index in [9.17, 15) is 36.2 Å². The number of para-hydroxylation sites is 1. The first kappa shape index (κ1) is 19.9. The van der Waals surface area contributed by atoms with E-state index in [-0.39, 0.29) is 17.3 Å². The Bertz CT molecular complexity index is 908. The monoisotopic (exact) mass is 395 g/mol. The van der Waals surface area contributed by atoms with Gasteiger partial charge in [-0.2, -0.15) is 0 Å². The Balaban J connectivity index is 2.40. The number of halogens is 5. The highest BCUT2D eigenvalue weighted by Crippen LogP contribution is 2.57. The highest BCUT2D eigenvalue weighted by Gasteiger charge is 2.37. The fraction of sp³-hybridized carbons (Fsp3) is 0.133. The van der Waals surface area contributed by atoms with Crippen LogP contribution in [0, 0.1) is 23.3 Å². The lowest BCUT2D eigenvalue weighted by Crippen LogP contribution is -2.10. The summed E-state index contributed by atoms with van der Waals surface area (Å²) < 4.78 is 79.6. The molecule has 0 heterocycles. The van der Waals surface area contributed by atoms with Gasteiger partial charge in [-0.15, -0.1) is 0 Å². The van der Waals surface area contributed by atoms with Crippen molar-refractivity contribution < 1.29 is 41.3 Å². The van der Waals surface area contributed by atoms with Crippen molar-refractivity contribution in [1.29, 1.82) is 0 Å². The summed E-state index contributed by atoms with van der Waals surface area (Å²) in [5.41, 5.74) is -1.72. The zero-order valence-electron chi connectivity index (χ0n) is 12.7. The van der Waals surface area contributed by atoms with Crippen LogP contribution in [0.4, 0.5) is 27.6 Å². The molecule has 0 aliphatic carbocycles. The predicted octanol–water partition coefficient (Wildman–Crippen LogP) is 4.14. The van der Waals surface area contributed by atoms with Gasteiger partial charge in [0.05, 0.1) is 6.42 Å². The van der Waals surface area contributed by atoms with E-state index in [1.807, 2.05) is 5.09 Å². The fourth-order valence-electron chi connectivity index (χ4n) is 2.13. The van der Waals surface area contributed by atoms with E-state index >= 15 is 0 Å². The second kappa shape index (κ2) is 7.43. The zero-order valence-corrected chi connectivity index (χ0v) is 13.6. The number of nitrogens with one attached hydrogen (secondary N) is 1. The van der Waals surface area contributed by atoms with E-state index in [4.69, 9.17) is 5.11 Å². The highest BCUT2D eigenvalue weighted by atomic mass is 31.2. The van der Waals surface area contributed by atoms with Crippen molar-refractivity contribution in [3.63, 3.8) is 0 Å². The van der Waals surface area contributed by atoms with E-state index in [0.29, 0.717) is 0 Å². The molecule has 0 fully saturated rings. The number of carbonyl (C=O) groups is 1. The molecule has 0 aliphatic rings. The molecule has 0 spiro atoms. The Morgan fingerprint density at radius 2 is 1.73 bits per heavy atom. The van der Waals surface area contributed by atoms with Crippen LogP contribution in [0.5, 0.6) is 0 Å². The molecule has 3 N–H and O–H groups in total. The van der Waals surface area contributed by atoms with Gasteiger partial charge in [0.25, 0.3) is 0 Å². The molecule has 0 bridgehead atoms. The van der Waals surface area contributed by atoms with Crippen molar-refractivity contribution in [1.82, 2.24) is 0 Å². The van der Waals surface area contributed by atoms with E-state index in [2.05, 4.69) is 0 Å². The molecule has 5 nitrogen and oxygen atoms in total. The van der Waals surface area contributed by atoms with Crippen molar-refractivity contribution in [2.45, 2.75) is 12.3 Å². The fourth-order valence-corrected chi connectivity index (χ4v) is 3.37. The number of anilines is 1. The van der Waals surface area contributed by atoms with E-state index in [0.717, 1.165) is 6.07 Å². The number of carboxylic acid groups (broad SMARTS) is 1. The third-order valence-electron chi connectivity index (χ3n) is 3.33. The van der Waals surface area contributed by atoms with Crippen molar-refractivity contribution in [2.75, 3.05) is 5.09 Å². The Hall–Kier alpha value is -2.45. The maximum absolute atomic E-state index is 14.4. The first-order valence-electron chi connectivity index (χ1n) is 6.92. The number of rotatable bonds is 6. The van der Waals surface area contributed by atoms with Gasteiger partial charge in [0.1, 0.15) is 0 Å². The summed E-state index contributed by atoms with van der Waals surface area (Å²) >= 11 is 0. The van der Waals surface area contributed by atoms with Gasteiger partial charge < -0.3 is 15.1 Å². The normalized spacial score (nSPS) is 14.5.